The summed E-state index contributed by atoms with van der Waals surface area (Å²) in [5.41, 5.74) is -0.460. The number of alkyl halides is 3. The van der Waals surface area contributed by atoms with Crippen LogP contribution in [0.1, 0.15) is 24.8 Å². The average Bonchev–Trinajstić information content (AvgIpc) is 2.32. The second kappa shape index (κ2) is 5.18. The Bertz CT molecular complexity index is 469. The molecule has 0 amide bonds. The SMILES string of the molecule is FC(F)(F)c1ccc(Cl)c(NC2=NCCCC2)c1. The molecular weight excluding hydrogens is 265 g/mol. The molecule has 0 saturated heterocycles. The molecule has 2 nitrogen and oxygen atoms in total. The Kier molecular flexibility index (Phi) is 3.80. The third-order valence-corrected chi connectivity index (χ3v) is 3.03. The Balaban J connectivity index is 2.24. The van der Waals surface area contributed by atoms with E-state index in [1.165, 1.54) is 6.07 Å². The minimum Gasteiger partial charge on any atom is -0.343 e. The summed E-state index contributed by atoms with van der Waals surface area (Å²) in [6.07, 6.45) is -1.62. The summed E-state index contributed by atoms with van der Waals surface area (Å²) < 4.78 is 37.7. The highest BCUT2D eigenvalue weighted by Crippen LogP contribution is 2.34. The molecule has 1 aromatic rings. The van der Waals surface area contributed by atoms with E-state index in [2.05, 4.69) is 10.3 Å². The van der Waals surface area contributed by atoms with Gasteiger partial charge in [0.25, 0.3) is 0 Å². The number of benzene rings is 1. The van der Waals surface area contributed by atoms with E-state index in [1.807, 2.05) is 0 Å². The second-order valence-corrected chi connectivity index (χ2v) is 4.51. The minimum atomic E-state index is -4.37. The van der Waals surface area contributed by atoms with Gasteiger partial charge in [0.1, 0.15) is 5.84 Å². The molecule has 1 heterocycles. The Morgan fingerprint density at radius 1 is 1.22 bits per heavy atom. The van der Waals surface area contributed by atoms with Crippen LogP contribution in [0, 0.1) is 0 Å². The van der Waals surface area contributed by atoms with Crippen molar-refractivity contribution >= 4 is 23.1 Å². The van der Waals surface area contributed by atoms with Crippen molar-refractivity contribution in [2.24, 2.45) is 4.99 Å². The van der Waals surface area contributed by atoms with Crippen LogP contribution in [0.25, 0.3) is 0 Å². The predicted molar refractivity (Wildman–Crippen MR) is 66.2 cm³/mol. The fourth-order valence-corrected chi connectivity index (χ4v) is 1.92. The van der Waals surface area contributed by atoms with Crippen LogP contribution in [0.4, 0.5) is 18.9 Å². The lowest BCUT2D eigenvalue weighted by Gasteiger charge is -2.16. The van der Waals surface area contributed by atoms with Crippen molar-refractivity contribution in [3.05, 3.63) is 28.8 Å². The number of anilines is 1. The van der Waals surface area contributed by atoms with E-state index in [9.17, 15) is 13.2 Å². The molecule has 18 heavy (non-hydrogen) atoms. The van der Waals surface area contributed by atoms with Crippen molar-refractivity contribution < 1.29 is 13.2 Å². The van der Waals surface area contributed by atoms with Crippen LogP contribution in [0.2, 0.25) is 5.02 Å². The van der Waals surface area contributed by atoms with Gasteiger partial charge in [0.2, 0.25) is 0 Å². The third kappa shape index (κ3) is 3.16. The zero-order valence-corrected chi connectivity index (χ0v) is 10.3. The number of halogens is 4. The van der Waals surface area contributed by atoms with E-state index < -0.39 is 11.7 Å². The number of rotatable bonds is 1. The second-order valence-electron chi connectivity index (χ2n) is 4.10. The maximum Gasteiger partial charge on any atom is 0.416 e. The zero-order valence-electron chi connectivity index (χ0n) is 9.52. The molecule has 0 fully saturated rings. The summed E-state index contributed by atoms with van der Waals surface area (Å²) in [5.74, 6) is 0.697. The first-order valence-corrected chi connectivity index (χ1v) is 6.02. The van der Waals surface area contributed by atoms with E-state index in [1.54, 1.807) is 0 Å². The fraction of sp³-hybridized carbons (Fsp3) is 0.417. The molecule has 1 aromatic carbocycles. The number of nitrogens with one attached hydrogen (secondary N) is 1. The summed E-state index contributed by atoms with van der Waals surface area (Å²) in [4.78, 5) is 4.22. The van der Waals surface area contributed by atoms with E-state index in [4.69, 9.17) is 11.6 Å². The van der Waals surface area contributed by atoms with Crippen LogP contribution in [-0.4, -0.2) is 12.4 Å². The minimum absolute atomic E-state index is 0.257. The fourth-order valence-electron chi connectivity index (χ4n) is 1.75. The van der Waals surface area contributed by atoms with Crippen molar-refractivity contribution in [1.82, 2.24) is 0 Å². The van der Waals surface area contributed by atoms with Crippen molar-refractivity contribution in [1.29, 1.82) is 0 Å². The normalized spacial score (nSPS) is 16.3. The Labute approximate surface area is 108 Å². The maximum absolute atomic E-state index is 12.6. The van der Waals surface area contributed by atoms with Crippen molar-refractivity contribution in [2.45, 2.75) is 25.4 Å². The van der Waals surface area contributed by atoms with Gasteiger partial charge in [0.05, 0.1) is 16.3 Å². The zero-order chi connectivity index (χ0) is 13.2. The van der Waals surface area contributed by atoms with E-state index >= 15 is 0 Å². The lowest BCUT2D eigenvalue weighted by Crippen LogP contribution is -2.17. The van der Waals surface area contributed by atoms with Gasteiger partial charge in [-0.2, -0.15) is 13.2 Å². The van der Waals surface area contributed by atoms with Gasteiger partial charge in [0.15, 0.2) is 0 Å². The molecule has 0 atom stereocenters. The molecule has 1 N–H and O–H groups in total. The number of hydrogen-bond donors (Lipinski definition) is 1. The van der Waals surface area contributed by atoms with Crippen molar-refractivity contribution in [3.63, 3.8) is 0 Å². The third-order valence-electron chi connectivity index (χ3n) is 2.70. The number of aliphatic imine (C=N–C) groups is 1. The van der Waals surface area contributed by atoms with Crippen LogP contribution in [0.5, 0.6) is 0 Å². The molecule has 1 aliphatic rings. The standard InChI is InChI=1S/C12H12ClF3N2/c13-9-5-4-8(12(14,15)16)7-10(9)18-11-3-1-2-6-17-11/h4-5,7H,1-3,6H2,(H,17,18). The first-order chi connectivity index (χ1) is 8.47. The van der Waals surface area contributed by atoms with Gasteiger partial charge in [-0.15, -0.1) is 0 Å². The monoisotopic (exact) mass is 276 g/mol. The average molecular weight is 277 g/mol. The Morgan fingerprint density at radius 3 is 2.61 bits per heavy atom. The van der Waals surface area contributed by atoms with Gasteiger partial charge < -0.3 is 5.32 Å². The summed E-state index contributed by atoms with van der Waals surface area (Å²) >= 11 is 5.88. The van der Waals surface area contributed by atoms with Crippen LogP contribution in [0.3, 0.4) is 0 Å². The van der Waals surface area contributed by atoms with Gasteiger partial charge >= 0.3 is 6.18 Å². The van der Waals surface area contributed by atoms with Crippen LogP contribution in [0.15, 0.2) is 23.2 Å². The molecule has 1 aliphatic heterocycles. The van der Waals surface area contributed by atoms with Gasteiger partial charge in [-0.1, -0.05) is 11.6 Å². The van der Waals surface area contributed by atoms with E-state index in [0.717, 1.165) is 31.4 Å². The van der Waals surface area contributed by atoms with E-state index in [0.29, 0.717) is 12.4 Å². The summed E-state index contributed by atoms with van der Waals surface area (Å²) in [6, 6.07) is 3.23. The van der Waals surface area contributed by atoms with Crippen molar-refractivity contribution in [3.8, 4) is 0 Å². The molecule has 0 aromatic heterocycles. The summed E-state index contributed by atoms with van der Waals surface area (Å²) in [5, 5.41) is 3.14. The largest absolute Gasteiger partial charge is 0.416 e. The first kappa shape index (κ1) is 13.2. The highest BCUT2D eigenvalue weighted by molar-refractivity contribution is 6.33. The van der Waals surface area contributed by atoms with Crippen molar-refractivity contribution in [2.75, 3.05) is 11.9 Å². The van der Waals surface area contributed by atoms with Gasteiger partial charge in [-0.3, -0.25) is 4.99 Å². The molecule has 0 bridgehead atoms. The maximum atomic E-state index is 12.6. The Hall–Kier alpha value is -1.23. The molecule has 0 spiro atoms. The van der Waals surface area contributed by atoms with Crippen LogP contribution >= 0.6 is 11.6 Å². The predicted octanol–water partition coefficient (Wildman–Crippen LogP) is 4.35. The molecule has 98 valence electrons. The summed E-state index contributed by atoms with van der Waals surface area (Å²) in [7, 11) is 0. The first-order valence-electron chi connectivity index (χ1n) is 5.64. The Morgan fingerprint density at radius 2 is 2.00 bits per heavy atom. The highest BCUT2D eigenvalue weighted by Gasteiger charge is 2.31. The molecule has 6 heteroatoms. The van der Waals surface area contributed by atoms with Gasteiger partial charge in [-0.25, -0.2) is 0 Å². The van der Waals surface area contributed by atoms with Gasteiger partial charge in [-0.05, 0) is 31.0 Å². The van der Waals surface area contributed by atoms with Crippen LogP contribution < -0.4 is 5.32 Å². The van der Waals surface area contributed by atoms with Gasteiger partial charge in [0, 0.05) is 13.0 Å². The molecule has 0 radical (unpaired) electrons. The highest BCUT2D eigenvalue weighted by atomic mass is 35.5. The number of nitrogens with zero attached hydrogens (tertiary/aromatic N) is 1. The van der Waals surface area contributed by atoms with Crippen LogP contribution in [-0.2, 0) is 6.18 Å². The molecular formula is C12H12ClF3N2. The molecule has 0 saturated carbocycles. The molecule has 0 unspecified atom stereocenters. The number of hydrogen-bond acceptors (Lipinski definition) is 2. The molecule has 2 rings (SSSR count). The lowest BCUT2D eigenvalue weighted by atomic mass is 10.1. The topological polar surface area (TPSA) is 24.4 Å². The quantitative estimate of drug-likeness (QED) is 0.810. The summed E-state index contributed by atoms with van der Waals surface area (Å²) in [6.45, 7) is 0.707. The smallest absolute Gasteiger partial charge is 0.343 e. The molecule has 0 aliphatic carbocycles. The number of amidine groups is 1. The van der Waals surface area contributed by atoms with E-state index in [-0.39, 0.29) is 10.7 Å². The lowest BCUT2D eigenvalue weighted by molar-refractivity contribution is -0.137.